The molecule has 16 heavy (non-hydrogen) atoms. The van der Waals surface area contributed by atoms with Crippen LogP contribution in [0, 0.1) is 6.92 Å². The second-order valence-electron chi connectivity index (χ2n) is 3.16. The first kappa shape index (κ1) is 13.4. The van der Waals surface area contributed by atoms with Gasteiger partial charge in [0.2, 0.25) is 0 Å². The van der Waals surface area contributed by atoms with Crippen molar-refractivity contribution in [2.24, 2.45) is 0 Å². The summed E-state index contributed by atoms with van der Waals surface area (Å²) in [5, 5.41) is 2.05. The molecule has 2 aromatic rings. The fourth-order valence-corrected chi connectivity index (χ4v) is 1.40. The minimum Gasteiger partial charge on any atom is -0.0841 e. The molecule has 3 heteroatoms. The van der Waals surface area contributed by atoms with Crippen molar-refractivity contribution in [3.05, 3.63) is 69.2 Å². The molecule has 0 saturated carbocycles. The van der Waals surface area contributed by atoms with Crippen LogP contribution in [0.1, 0.15) is 5.56 Å². The zero-order valence-electron chi connectivity index (χ0n) is 8.75. The van der Waals surface area contributed by atoms with Gasteiger partial charge in [-0.15, -0.1) is 0 Å². The molecule has 0 saturated heterocycles. The maximum atomic E-state index is 5.71. The van der Waals surface area contributed by atoms with E-state index >= 15 is 0 Å². The SMILES string of the molecule is Cc1ccccc1Cl.Clc1ccccc1Cl. The average Bonchev–Trinajstić information content (AvgIpc) is 2.28. The van der Waals surface area contributed by atoms with E-state index < -0.39 is 0 Å². The van der Waals surface area contributed by atoms with E-state index in [1.165, 1.54) is 0 Å². The molecule has 0 unspecified atom stereocenters. The van der Waals surface area contributed by atoms with E-state index in [1.54, 1.807) is 12.1 Å². The fraction of sp³-hybridized carbons (Fsp3) is 0.0769. The second kappa shape index (κ2) is 6.80. The largest absolute Gasteiger partial charge is 0.0841 e. The topological polar surface area (TPSA) is 0 Å². The molecule has 0 fully saturated rings. The lowest BCUT2D eigenvalue weighted by Gasteiger charge is -1.90. The summed E-state index contributed by atoms with van der Waals surface area (Å²) in [6, 6.07) is 15.0. The van der Waals surface area contributed by atoms with Crippen LogP contribution in [-0.2, 0) is 0 Å². The van der Waals surface area contributed by atoms with Crippen molar-refractivity contribution in [1.82, 2.24) is 0 Å². The average molecular weight is 274 g/mol. The molecule has 0 nitrogen and oxygen atoms in total. The number of rotatable bonds is 0. The van der Waals surface area contributed by atoms with Crippen LogP contribution in [0.3, 0.4) is 0 Å². The maximum Gasteiger partial charge on any atom is 0.0592 e. The van der Waals surface area contributed by atoms with Gasteiger partial charge in [-0.05, 0) is 30.7 Å². The summed E-state index contributed by atoms with van der Waals surface area (Å²) in [5.74, 6) is 0. The number of hydrogen-bond donors (Lipinski definition) is 0. The van der Waals surface area contributed by atoms with Gasteiger partial charge < -0.3 is 0 Å². The van der Waals surface area contributed by atoms with Crippen LogP contribution in [0.4, 0.5) is 0 Å². The van der Waals surface area contributed by atoms with Crippen molar-refractivity contribution in [2.75, 3.05) is 0 Å². The van der Waals surface area contributed by atoms with E-state index in [0.717, 1.165) is 10.6 Å². The van der Waals surface area contributed by atoms with Gasteiger partial charge in [0, 0.05) is 5.02 Å². The molecule has 0 radical (unpaired) electrons. The Balaban J connectivity index is 0.000000160. The van der Waals surface area contributed by atoms with Crippen LogP contribution in [-0.4, -0.2) is 0 Å². The Morgan fingerprint density at radius 1 is 0.625 bits per heavy atom. The van der Waals surface area contributed by atoms with Crippen molar-refractivity contribution < 1.29 is 0 Å². The van der Waals surface area contributed by atoms with Gasteiger partial charge in [0.05, 0.1) is 10.0 Å². The zero-order chi connectivity index (χ0) is 12.0. The van der Waals surface area contributed by atoms with E-state index in [0.29, 0.717) is 10.0 Å². The van der Waals surface area contributed by atoms with Crippen molar-refractivity contribution in [3.8, 4) is 0 Å². The Kier molecular flexibility index (Phi) is 5.68. The fourth-order valence-electron chi connectivity index (χ4n) is 0.990. The summed E-state index contributed by atoms with van der Waals surface area (Å²) in [4.78, 5) is 0. The molecule has 0 aromatic heterocycles. The summed E-state index contributed by atoms with van der Waals surface area (Å²) in [6.07, 6.45) is 0. The Labute approximate surface area is 111 Å². The van der Waals surface area contributed by atoms with Gasteiger partial charge in [-0.1, -0.05) is 65.1 Å². The lowest BCUT2D eigenvalue weighted by atomic mass is 10.2. The quantitative estimate of drug-likeness (QED) is 0.582. The van der Waals surface area contributed by atoms with Crippen LogP contribution in [0.5, 0.6) is 0 Å². The molecule has 0 atom stereocenters. The minimum absolute atomic E-state index is 0.606. The van der Waals surface area contributed by atoms with Gasteiger partial charge in [-0.2, -0.15) is 0 Å². The highest BCUT2D eigenvalue weighted by atomic mass is 35.5. The highest BCUT2D eigenvalue weighted by molar-refractivity contribution is 6.41. The van der Waals surface area contributed by atoms with Crippen LogP contribution in [0.2, 0.25) is 15.1 Å². The maximum absolute atomic E-state index is 5.71. The highest BCUT2D eigenvalue weighted by Gasteiger charge is 1.89. The van der Waals surface area contributed by atoms with E-state index in [1.807, 2.05) is 43.3 Å². The predicted octanol–water partition coefficient (Wildman–Crippen LogP) is 5.64. The van der Waals surface area contributed by atoms with Gasteiger partial charge in [0.25, 0.3) is 0 Å². The molecule has 0 heterocycles. The zero-order valence-corrected chi connectivity index (χ0v) is 11.0. The van der Waals surface area contributed by atoms with Gasteiger partial charge in [0.1, 0.15) is 0 Å². The molecule has 2 aromatic carbocycles. The van der Waals surface area contributed by atoms with Gasteiger partial charge in [-0.3, -0.25) is 0 Å². The lowest BCUT2D eigenvalue weighted by Crippen LogP contribution is -1.68. The molecule has 0 amide bonds. The standard InChI is InChI=1S/C7H7Cl.C6H4Cl2/c1-6-4-2-3-5-7(6)8;7-5-3-1-2-4-6(5)8/h2-5H,1H3;1-4H. The molecule has 0 N–H and O–H groups in total. The van der Waals surface area contributed by atoms with Gasteiger partial charge in [-0.25, -0.2) is 0 Å². The van der Waals surface area contributed by atoms with Crippen molar-refractivity contribution in [3.63, 3.8) is 0 Å². The Morgan fingerprint density at radius 2 is 1.00 bits per heavy atom. The van der Waals surface area contributed by atoms with E-state index in [9.17, 15) is 0 Å². The highest BCUT2D eigenvalue weighted by Crippen LogP contribution is 2.19. The van der Waals surface area contributed by atoms with Gasteiger partial charge >= 0.3 is 0 Å². The molecule has 2 rings (SSSR count). The van der Waals surface area contributed by atoms with E-state index in [4.69, 9.17) is 34.8 Å². The van der Waals surface area contributed by atoms with Crippen molar-refractivity contribution >= 4 is 34.8 Å². The van der Waals surface area contributed by atoms with E-state index in [-0.39, 0.29) is 0 Å². The number of hydrogen-bond acceptors (Lipinski definition) is 0. The van der Waals surface area contributed by atoms with Crippen LogP contribution >= 0.6 is 34.8 Å². The summed E-state index contributed by atoms with van der Waals surface area (Å²) in [7, 11) is 0. The minimum atomic E-state index is 0.606. The predicted molar refractivity (Wildman–Crippen MR) is 72.7 cm³/mol. The summed E-state index contributed by atoms with van der Waals surface area (Å²) < 4.78 is 0. The van der Waals surface area contributed by atoms with Crippen molar-refractivity contribution in [2.45, 2.75) is 6.92 Å². The number of halogens is 3. The first-order chi connectivity index (χ1) is 7.61. The molecule has 0 spiro atoms. The van der Waals surface area contributed by atoms with Crippen LogP contribution in [0.25, 0.3) is 0 Å². The first-order valence-corrected chi connectivity index (χ1v) is 5.86. The normalized spacial score (nSPS) is 9.25. The van der Waals surface area contributed by atoms with Crippen LogP contribution in [0.15, 0.2) is 48.5 Å². The molecule has 0 aliphatic heterocycles. The molecule has 0 aliphatic carbocycles. The number of aryl methyl sites for hydroxylation is 1. The molecular weight excluding hydrogens is 263 g/mol. The Morgan fingerprint density at radius 3 is 1.25 bits per heavy atom. The smallest absolute Gasteiger partial charge is 0.0592 e. The van der Waals surface area contributed by atoms with Crippen molar-refractivity contribution in [1.29, 1.82) is 0 Å². The summed E-state index contributed by atoms with van der Waals surface area (Å²) in [5.41, 5.74) is 1.13. The van der Waals surface area contributed by atoms with Gasteiger partial charge in [0.15, 0.2) is 0 Å². The molecule has 0 aliphatic rings. The molecule has 0 bridgehead atoms. The first-order valence-electron chi connectivity index (χ1n) is 4.72. The summed E-state index contributed by atoms with van der Waals surface area (Å²) >= 11 is 16.9. The summed E-state index contributed by atoms with van der Waals surface area (Å²) in [6.45, 7) is 1.99. The number of benzene rings is 2. The molecule has 84 valence electrons. The third-order valence-corrected chi connectivity index (χ3v) is 3.08. The Hall–Kier alpha value is -0.690. The van der Waals surface area contributed by atoms with Crippen LogP contribution < -0.4 is 0 Å². The molecular formula is C13H11Cl3. The monoisotopic (exact) mass is 272 g/mol. The Bertz CT molecular complexity index is 367. The third-order valence-electron chi connectivity index (χ3n) is 1.90. The third kappa shape index (κ3) is 4.44. The lowest BCUT2D eigenvalue weighted by molar-refractivity contribution is 1.47. The van der Waals surface area contributed by atoms with E-state index in [2.05, 4.69) is 0 Å². The second-order valence-corrected chi connectivity index (χ2v) is 4.38.